The summed E-state index contributed by atoms with van der Waals surface area (Å²) in [4.78, 5) is 0. The van der Waals surface area contributed by atoms with Crippen LogP contribution in [0.25, 0.3) is 5.57 Å². The van der Waals surface area contributed by atoms with Gasteiger partial charge in [0.1, 0.15) is 0 Å². The van der Waals surface area contributed by atoms with Crippen LogP contribution < -0.4 is 14.2 Å². The molecule has 0 saturated heterocycles. The number of methoxy groups -OCH3 is 3. The van der Waals surface area contributed by atoms with Crippen molar-refractivity contribution in [3.05, 3.63) is 42.0 Å². The topological polar surface area (TPSA) is 88.4 Å². The lowest BCUT2D eigenvalue weighted by atomic mass is 9.97. The number of benzene rings is 2. The SMILES string of the molecule is C=C(c1cc(OC)c(O)c(OC)c1)c1ccc(OC)c(O)c1O. The third kappa shape index (κ3) is 2.83. The van der Waals surface area contributed by atoms with Gasteiger partial charge < -0.3 is 29.5 Å². The Bertz CT molecular complexity index is 726. The van der Waals surface area contributed by atoms with Gasteiger partial charge in [0.2, 0.25) is 11.5 Å². The molecule has 2 aromatic carbocycles. The molecule has 0 aromatic heterocycles. The Morgan fingerprint density at radius 1 is 0.783 bits per heavy atom. The Hall–Kier alpha value is -3.02. The minimum atomic E-state index is -0.371. The third-order valence-corrected chi connectivity index (χ3v) is 3.49. The van der Waals surface area contributed by atoms with Crippen LogP contribution in [0.15, 0.2) is 30.8 Å². The van der Waals surface area contributed by atoms with Crippen LogP contribution in [0.3, 0.4) is 0 Å². The van der Waals surface area contributed by atoms with Crippen molar-refractivity contribution in [1.82, 2.24) is 0 Å². The van der Waals surface area contributed by atoms with Gasteiger partial charge in [-0.2, -0.15) is 0 Å². The normalized spacial score (nSPS) is 10.2. The van der Waals surface area contributed by atoms with Gasteiger partial charge in [-0.05, 0) is 35.4 Å². The van der Waals surface area contributed by atoms with E-state index in [1.54, 1.807) is 18.2 Å². The molecule has 23 heavy (non-hydrogen) atoms. The van der Waals surface area contributed by atoms with E-state index in [4.69, 9.17) is 14.2 Å². The molecule has 3 N–H and O–H groups in total. The summed E-state index contributed by atoms with van der Waals surface area (Å²) >= 11 is 0. The summed E-state index contributed by atoms with van der Waals surface area (Å²) in [6.45, 7) is 3.93. The van der Waals surface area contributed by atoms with Crippen molar-refractivity contribution in [3.8, 4) is 34.5 Å². The lowest BCUT2D eigenvalue weighted by molar-refractivity contribution is 0.339. The summed E-state index contributed by atoms with van der Waals surface area (Å²) < 4.78 is 15.1. The first-order valence-corrected chi connectivity index (χ1v) is 6.68. The third-order valence-electron chi connectivity index (χ3n) is 3.49. The minimum absolute atomic E-state index is 0.131. The maximum atomic E-state index is 10.1. The molecule has 2 rings (SSSR count). The molecule has 0 bridgehead atoms. The molecule has 0 atom stereocenters. The van der Waals surface area contributed by atoms with E-state index in [2.05, 4.69) is 6.58 Å². The number of hydrogen-bond acceptors (Lipinski definition) is 6. The van der Waals surface area contributed by atoms with E-state index in [0.717, 1.165) is 0 Å². The minimum Gasteiger partial charge on any atom is -0.504 e. The van der Waals surface area contributed by atoms with Crippen molar-refractivity contribution in [2.75, 3.05) is 21.3 Å². The standard InChI is InChI=1S/C17H18O6/c1-9(11-5-6-12(21-2)17(20)15(11)18)10-7-13(22-3)16(19)14(8-10)23-4/h5-8,18-20H,1H2,2-4H3. The Morgan fingerprint density at radius 3 is 1.78 bits per heavy atom. The summed E-state index contributed by atoms with van der Waals surface area (Å²) in [7, 11) is 4.22. The van der Waals surface area contributed by atoms with E-state index in [1.165, 1.54) is 27.4 Å². The van der Waals surface area contributed by atoms with Gasteiger partial charge in [-0.3, -0.25) is 0 Å². The van der Waals surface area contributed by atoms with Crippen LogP contribution in [0, 0.1) is 0 Å². The molecule has 0 aliphatic rings. The molecule has 2 aromatic rings. The van der Waals surface area contributed by atoms with Crippen LogP contribution in [-0.4, -0.2) is 36.6 Å². The van der Waals surface area contributed by atoms with Crippen LogP contribution in [0.4, 0.5) is 0 Å². The van der Waals surface area contributed by atoms with Crippen molar-refractivity contribution in [2.45, 2.75) is 0 Å². The number of rotatable bonds is 5. The highest BCUT2D eigenvalue weighted by atomic mass is 16.5. The van der Waals surface area contributed by atoms with Gasteiger partial charge in [0.15, 0.2) is 23.0 Å². The van der Waals surface area contributed by atoms with E-state index in [-0.39, 0.29) is 34.5 Å². The van der Waals surface area contributed by atoms with Crippen molar-refractivity contribution >= 4 is 5.57 Å². The highest BCUT2D eigenvalue weighted by Gasteiger charge is 2.18. The first-order valence-electron chi connectivity index (χ1n) is 6.68. The van der Waals surface area contributed by atoms with E-state index in [9.17, 15) is 15.3 Å². The first-order chi connectivity index (χ1) is 10.9. The second-order valence-corrected chi connectivity index (χ2v) is 4.72. The molecular weight excluding hydrogens is 300 g/mol. The quantitative estimate of drug-likeness (QED) is 0.735. The lowest BCUT2D eigenvalue weighted by Gasteiger charge is -2.15. The predicted octanol–water partition coefficient (Wildman–Crippen LogP) is 2.89. The first kappa shape index (κ1) is 16.4. The average Bonchev–Trinajstić information content (AvgIpc) is 2.57. The molecule has 122 valence electrons. The lowest BCUT2D eigenvalue weighted by Crippen LogP contribution is -1.94. The summed E-state index contributed by atoms with van der Waals surface area (Å²) in [5.41, 5.74) is 1.28. The van der Waals surface area contributed by atoms with E-state index in [1.807, 2.05) is 0 Å². The van der Waals surface area contributed by atoms with Gasteiger partial charge in [0.05, 0.1) is 21.3 Å². The number of hydrogen-bond donors (Lipinski definition) is 3. The van der Waals surface area contributed by atoms with Crippen LogP contribution >= 0.6 is 0 Å². The largest absolute Gasteiger partial charge is 0.504 e. The number of ether oxygens (including phenoxy) is 3. The van der Waals surface area contributed by atoms with E-state index < -0.39 is 0 Å². The fourth-order valence-corrected chi connectivity index (χ4v) is 2.19. The Balaban J connectivity index is 2.55. The Morgan fingerprint density at radius 2 is 1.30 bits per heavy atom. The van der Waals surface area contributed by atoms with Crippen LogP contribution in [-0.2, 0) is 0 Å². The molecule has 6 heteroatoms. The highest BCUT2D eigenvalue weighted by Crippen LogP contribution is 2.44. The van der Waals surface area contributed by atoms with E-state index in [0.29, 0.717) is 16.7 Å². The van der Waals surface area contributed by atoms with E-state index >= 15 is 0 Å². The average molecular weight is 318 g/mol. The Labute approximate surface area is 133 Å². The Kier molecular flexibility index (Phi) is 4.55. The molecule has 0 spiro atoms. The molecule has 0 radical (unpaired) electrons. The zero-order chi connectivity index (χ0) is 17.1. The molecule has 0 amide bonds. The summed E-state index contributed by atoms with van der Waals surface area (Å²) in [5.74, 6) is -0.284. The molecular formula is C17H18O6. The molecule has 6 nitrogen and oxygen atoms in total. The molecule has 0 saturated carbocycles. The maximum Gasteiger partial charge on any atom is 0.201 e. The second kappa shape index (κ2) is 6.39. The fourth-order valence-electron chi connectivity index (χ4n) is 2.19. The van der Waals surface area contributed by atoms with Gasteiger partial charge in [0.25, 0.3) is 0 Å². The van der Waals surface area contributed by atoms with Gasteiger partial charge in [0, 0.05) is 5.56 Å². The molecule has 0 aliphatic carbocycles. The van der Waals surface area contributed by atoms with Crippen LogP contribution in [0.1, 0.15) is 11.1 Å². The van der Waals surface area contributed by atoms with Crippen LogP contribution in [0.5, 0.6) is 34.5 Å². The number of phenolic OH excluding ortho intramolecular Hbond substituents is 3. The van der Waals surface area contributed by atoms with Gasteiger partial charge in [-0.15, -0.1) is 0 Å². The van der Waals surface area contributed by atoms with Gasteiger partial charge in [-0.1, -0.05) is 6.58 Å². The predicted molar refractivity (Wildman–Crippen MR) is 85.7 cm³/mol. The zero-order valence-corrected chi connectivity index (χ0v) is 13.1. The van der Waals surface area contributed by atoms with Crippen molar-refractivity contribution in [2.24, 2.45) is 0 Å². The molecule has 0 fully saturated rings. The number of phenols is 3. The van der Waals surface area contributed by atoms with Crippen molar-refractivity contribution < 1.29 is 29.5 Å². The van der Waals surface area contributed by atoms with Gasteiger partial charge >= 0.3 is 0 Å². The zero-order valence-electron chi connectivity index (χ0n) is 13.1. The van der Waals surface area contributed by atoms with Crippen molar-refractivity contribution in [1.29, 1.82) is 0 Å². The summed E-state index contributed by atoms with van der Waals surface area (Å²) in [6.07, 6.45) is 0. The monoisotopic (exact) mass is 318 g/mol. The fraction of sp³-hybridized carbons (Fsp3) is 0.176. The number of aromatic hydroxyl groups is 3. The molecule has 0 heterocycles. The summed E-state index contributed by atoms with van der Waals surface area (Å²) in [5, 5.41) is 30.0. The molecule has 0 unspecified atom stereocenters. The van der Waals surface area contributed by atoms with Crippen molar-refractivity contribution in [3.63, 3.8) is 0 Å². The highest BCUT2D eigenvalue weighted by molar-refractivity contribution is 5.84. The second-order valence-electron chi connectivity index (χ2n) is 4.72. The smallest absolute Gasteiger partial charge is 0.201 e. The van der Waals surface area contributed by atoms with Crippen LogP contribution in [0.2, 0.25) is 0 Å². The van der Waals surface area contributed by atoms with Gasteiger partial charge in [-0.25, -0.2) is 0 Å². The summed E-state index contributed by atoms with van der Waals surface area (Å²) in [6, 6.07) is 6.20. The molecule has 0 aliphatic heterocycles. The maximum absolute atomic E-state index is 10.1.